The lowest BCUT2D eigenvalue weighted by Crippen LogP contribution is -2.37. The molecule has 1 aliphatic heterocycles. The molecule has 0 bridgehead atoms. The number of para-hydroxylation sites is 1. The number of hydrogen-bond donors (Lipinski definition) is 1. The van der Waals surface area contributed by atoms with Crippen molar-refractivity contribution in [3.63, 3.8) is 0 Å². The number of halogens is 1. The van der Waals surface area contributed by atoms with Crippen LogP contribution >= 0.6 is 11.3 Å². The molecule has 2 aromatic carbocycles. The molecular formula is C25H22FN3O3S. The molecule has 0 aliphatic carbocycles. The molecule has 0 saturated carbocycles. The van der Waals surface area contributed by atoms with Crippen LogP contribution in [-0.2, 0) is 11.3 Å². The number of ether oxygens (including phenoxy) is 1. The topological polar surface area (TPSA) is 75.3 Å². The minimum absolute atomic E-state index is 0.0438. The number of thiophene rings is 1. The fraction of sp³-hybridized carbons (Fsp3) is 0.240. The van der Waals surface area contributed by atoms with Gasteiger partial charge in [-0.2, -0.15) is 0 Å². The van der Waals surface area contributed by atoms with Gasteiger partial charge in [0.25, 0.3) is 11.5 Å². The summed E-state index contributed by atoms with van der Waals surface area (Å²) in [5.41, 5.74) is 1.22. The minimum atomic E-state index is -0.300. The molecule has 3 heterocycles. The third kappa shape index (κ3) is 4.72. The number of nitrogens with zero attached hydrogens (tertiary/aromatic N) is 2. The first-order chi connectivity index (χ1) is 16.1. The first-order valence-electron chi connectivity index (χ1n) is 10.8. The highest BCUT2D eigenvalue weighted by Gasteiger charge is 2.25. The molecule has 1 aliphatic rings. The molecule has 6 nitrogen and oxygen atoms in total. The van der Waals surface area contributed by atoms with E-state index in [4.69, 9.17) is 4.74 Å². The molecular weight excluding hydrogens is 441 g/mol. The van der Waals surface area contributed by atoms with Crippen LogP contribution in [0, 0.1) is 5.82 Å². The Hall–Kier alpha value is -3.36. The van der Waals surface area contributed by atoms with Gasteiger partial charge in [0.2, 0.25) is 0 Å². The summed E-state index contributed by atoms with van der Waals surface area (Å²) in [5, 5.41) is 0.514. The van der Waals surface area contributed by atoms with E-state index >= 15 is 0 Å². The summed E-state index contributed by atoms with van der Waals surface area (Å²) < 4.78 is 19.0. The van der Waals surface area contributed by atoms with Crippen molar-refractivity contribution in [1.29, 1.82) is 0 Å². The molecule has 1 atom stereocenters. The van der Waals surface area contributed by atoms with Crippen LogP contribution in [-0.4, -0.2) is 40.0 Å². The molecule has 0 radical (unpaired) electrons. The van der Waals surface area contributed by atoms with Gasteiger partial charge in [0.05, 0.1) is 28.4 Å². The van der Waals surface area contributed by atoms with Gasteiger partial charge < -0.3 is 14.6 Å². The Morgan fingerprint density at radius 3 is 2.76 bits per heavy atom. The van der Waals surface area contributed by atoms with Gasteiger partial charge in [0, 0.05) is 18.0 Å². The number of rotatable bonds is 6. The summed E-state index contributed by atoms with van der Waals surface area (Å²) in [6, 6.07) is 17.0. The maximum Gasteiger partial charge on any atom is 0.264 e. The number of fused-ring (bicyclic) bond motifs is 1. The quantitative estimate of drug-likeness (QED) is 0.453. The number of aromatic nitrogens is 2. The molecule has 0 unspecified atom stereocenters. The average molecular weight is 464 g/mol. The van der Waals surface area contributed by atoms with E-state index < -0.39 is 0 Å². The number of H-pyrrole nitrogens is 1. The first-order valence-corrected chi connectivity index (χ1v) is 11.6. The predicted molar refractivity (Wildman–Crippen MR) is 126 cm³/mol. The van der Waals surface area contributed by atoms with Crippen molar-refractivity contribution in [2.45, 2.75) is 25.5 Å². The molecule has 0 spiro atoms. The standard InChI is InChI=1S/C25H22FN3O3S/c26-17-9-7-16(8-10-17)21-11-12-22(33-21)25(31)29(14-18-4-3-13-32-18)15-23-27-20-6-2-1-5-19(20)24(30)28-23/h1-2,5-12,18H,3-4,13-15H2,(H,27,28,30)/t18-/m1/s1. The summed E-state index contributed by atoms with van der Waals surface area (Å²) in [6.07, 6.45) is 1.81. The van der Waals surface area contributed by atoms with Gasteiger partial charge in [-0.15, -0.1) is 11.3 Å². The molecule has 8 heteroatoms. The Morgan fingerprint density at radius 1 is 1.15 bits per heavy atom. The van der Waals surface area contributed by atoms with Crippen LogP contribution in [0.25, 0.3) is 21.3 Å². The van der Waals surface area contributed by atoms with Crippen LogP contribution in [0.5, 0.6) is 0 Å². The van der Waals surface area contributed by atoms with Gasteiger partial charge in [-0.1, -0.05) is 24.3 Å². The highest BCUT2D eigenvalue weighted by molar-refractivity contribution is 7.17. The van der Waals surface area contributed by atoms with Crippen LogP contribution in [0.4, 0.5) is 4.39 Å². The van der Waals surface area contributed by atoms with E-state index in [-0.39, 0.29) is 29.9 Å². The van der Waals surface area contributed by atoms with Crippen molar-refractivity contribution in [2.24, 2.45) is 0 Å². The monoisotopic (exact) mass is 463 g/mol. The third-order valence-corrected chi connectivity index (χ3v) is 6.81. The van der Waals surface area contributed by atoms with Crippen LogP contribution in [0.1, 0.15) is 28.3 Å². The lowest BCUT2D eigenvalue weighted by Gasteiger charge is -2.24. The lowest BCUT2D eigenvalue weighted by molar-refractivity contribution is 0.0505. The summed E-state index contributed by atoms with van der Waals surface area (Å²) in [5.74, 6) is -0.0220. The van der Waals surface area contributed by atoms with E-state index in [1.807, 2.05) is 12.1 Å². The zero-order chi connectivity index (χ0) is 22.8. The number of carbonyl (C=O) groups excluding carboxylic acids is 1. The normalized spacial score (nSPS) is 15.7. The van der Waals surface area contributed by atoms with E-state index in [1.54, 1.807) is 41.3 Å². The molecule has 1 N–H and O–H groups in total. The van der Waals surface area contributed by atoms with Crippen molar-refractivity contribution in [1.82, 2.24) is 14.9 Å². The SMILES string of the molecule is O=C(c1ccc(-c2ccc(F)cc2)s1)N(Cc1nc2ccccc2c(=O)[nH]1)C[C@H]1CCCO1. The van der Waals surface area contributed by atoms with Gasteiger partial charge in [-0.3, -0.25) is 9.59 Å². The lowest BCUT2D eigenvalue weighted by atomic mass is 10.2. The van der Waals surface area contributed by atoms with Crippen molar-refractivity contribution >= 4 is 28.1 Å². The maximum absolute atomic E-state index is 13.5. The van der Waals surface area contributed by atoms with Crippen molar-refractivity contribution in [3.05, 3.63) is 87.5 Å². The van der Waals surface area contributed by atoms with E-state index in [0.717, 1.165) is 23.3 Å². The summed E-state index contributed by atoms with van der Waals surface area (Å²) in [4.78, 5) is 36.5. The minimum Gasteiger partial charge on any atom is -0.376 e. The summed E-state index contributed by atoms with van der Waals surface area (Å²) in [6.45, 7) is 1.27. The fourth-order valence-electron chi connectivity index (χ4n) is 4.02. The second kappa shape index (κ2) is 9.25. The molecule has 168 valence electrons. The number of benzene rings is 2. The van der Waals surface area contributed by atoms with E-state index in [0.29, 0.717) is 34.8 Å². The van der Waals surface area contributed by atoms with E-state index in [9.17, 15) is 14.0 Å². The first kappa shape index (κ1) is 21.5. The smallest absolute Gasteiger partial charge is 0.264 e. The largest absolute Gasteiger partial charge is 0.376 e. The summed E-state index contributed by atoms with van der Waals surface area (Å²) in [7, 11) is 0. The highest BCUT2D eigenvalue weighted by atomic mass is 32.1. The maximum atomic E-state index is 13.5. The van der Waals surface area contributed by atoms with Crippen LogP contribution < -0.4 is 5.56 Å². The fourth-order valence-corrected chi connectivity index (χ4v) is 5.00. The Labute approximate surface area is 193 Å². The number of hydrogen-bond acceptors (Lipinski definition) is 5. The van der Waals surface area contributed by atoms with E-state index in [2.05, 4.69) is 9.97 Å². The van der Waals surface area contributed by atoms with Gasteiger partial charge >= 0.3 is 0 Å². The van der Waals surface area contributed by atoms with Crippen molar-refractivity contribution < 1.29 is 13.9 Å². The van der Waals surface area contributed by atoms with Gasteiger partial charge in [0.15, 0.2) is 0 Å². The van der Waals surface area contributed by atoms with E-state index in [1.165, 1.54) is 23.5 Å². The van der Waals surface area contributed by atoms with Crippen LogP contribution in [0.15, 0.2) is 65.5 Å². The Bertz CT molecular complexity index is 1340. The van der Waals surface area contributed by atoms with Gasteiger partial charge in [0.1, 0.15) is 11.6 Å². The van der Waals surface area contributed by atoms with Crippen LogP contribution in [0.2, 0.25) is 0 Å². The Morgan fingerprint density at radius 2 is 1.97 bits per heavy atom. The molecule has 1 fully saturated rings. The number of carbonyl (C=O) groups is 1. The Balaban J connectivity index is 1.43. The number of aromatic amines is 1. The van der Waals surface area contributed by atoms with Crippen LogP contribution in [0.3, 0.4) is 0 Å². The Kier molecular flexibility index (Phi) is 6.02. The highest BCUT2D eigenvalue weighted by Crippen LogP contribution is 2.29. The number of nitrogens with one attached hydrogen (secondary N) is 1. The van der Waals surface area contributed by atoms with Crippen molar-refractivity contribution in [2.75, 3.05) is 13.2 Å². The second-order valence-corrected chi connectivity index (χ2v) is 9.11. The van der Waals surface area contributed by atoms with Gasteiger partial charge in [-0.25, -0.2) is 9.37 Å². The molecule has 2 aromatic heterocycles. The average Bonchev–Trinajstić information content (AvgIpc) is 3.51. The second-order valence-electron chi connectivity index (χ2n) is 8.02. The van der Waals surface area contributed by atoms with Gasteiger partial charge in [-0.05, 0) is 54.8 Å². The molecule has 5 rings (SSSR count). The predicted octanol–water partition coefficient (Wildman–Crippen LogP) is 4.61. The number of amides is 1. The molecule has 1 saturated heterocycles. The zero-order valence-electron chi connectivity index (χ0n) is 17.8. The summed E-state index contributed by atoms with van der Waals surface area (Å²) >= 11 is 1.36. The van der Waals surface area contributed by atoms with Crippen molar-refractivity contribution in [3.8, 4) is 10.4 Å². The molecule has 33 heavy (non-hydrogen) atoms. The molecule has 1 amide bonds. The third-order valence-electron chi connectivity index (χ3n) is 5.68. The molecule has 4 aromatic rings. The zero-order valence-corrected chi connectivity index (χ0v) is 18.6.